The number of benzene rings is 2. The van der Waals surface area contributed by atoms with Gasteiger partial charge in [0.15, 0.2) is 0 Å². The number of nitrogens with two attached hydrogens (primary N) is 1. The van der Waals surface area contributed by atoms with Crippen LogP contribution in [-0.4, -0.2) is 12.5 Å². The van der Waals surface area contributed by atoms with Crippen LogP contribution in [0.5, 0.6) is 0 Å². The smallest absolute Gasteiger partial charge is 0.230 e. The van der Waals surface area contributed by atoms with Crippen LogP contribution in [0.3, 0.4) is 0 Å². The Hall–Kier alpha value is -1.84. The van der Waals surface area contributed by atoms with Crippen LogP contribution < -0.4 is 11.1 Å². The summed E-state index contributed by atoms with van der Waals surface area (Å²) in [6.07, 6.45) is 1.72. The Balaban J connectivity index is 1.65. The second-order valence-electron chi connectivity index (χ2n) is 5.82. The quantitative estimate of drug-likeness (QED) is 0.890. The van der Waals surface area contributed by atoms with Gasteiger partial charge in [0.1, 0.15) is 0 Å². The van der Waals surface area contributed by atoms with E-state index in [-0.39, 0.29) is 11.9 Å². The van der Waals surface area contributed by atoms with Gasteiger partial charge in [0, 0.05) is 17.6 Å². The topological polar surface area (TPSA) is 55.1 Å². The molecule has 0 bridgehead atoms. The molecule has 0 aromatic heterocycles. The van der Waals surface area contributed by atoms with Gasteiger partial charge in [-0.25, -0.2) is 0 Å². The third-order valence-electron chi connectivity index (χ3n) is 4.27. The summed E-state index contributed by atoms with van der Waals surface area (Å²) >= 11 is 6.04. The van der Waals surface area contributed by atoms with E-state index in [9.17, 15) is 4.79 Å². The van der Waals surface area contributed by atoms with E-state index in [0.717, 1.165) is 24.0 Å². The van der Waals surface area contributed by atoms with E-state index in [1.165, 1.54) is 0 Å². The van der Waals surface area contributed by atoms with Crippen molar-refractivity contribution in [2.75, 3.05) is 6.54 Å². The molecule has 4 heteroatoms. The van der Waals surface area contributed by atoms with Gasteiger partial charge in [-0.15, -0.1) is 0 Å². The summed E-state index contributed by atoms with van der Waals surface area (Å²) in [5.41, 5.74) is 7.73. The van der Waals surface area contributed by atoms with Gasteiger partial charge in [0.2, 0.25) is 5.91 Å². The molecule has 2 aromatic carbocycles. The Bertz CT molecular complexity index is 668. The van der Waals surface area contributed by atoms with Crippen LogP contribution in [0, 0.1) is 0 Å². The number of halogens is 1. The molecule has 0 saturated heterocycles. The lowest BCUT2D eigenvalue weighted by atomic mass is 9.95. The third kappa shape index (κ3) is 3.01. The summed E-state index contributed by atoms with van der Waals surface area (Å²) in [5.74, 6) is 0.0427. The predicted octanol–water partition coefficient (Wildman–Crippen LogP) is 3.19. The summed E-state index contributed by atoms with van der Waals surface area (Å²) < 4.78 is 0. The third-order valence-corrected chi connectivity index (χ3v) is 4.51. The Labute approximate surface area is 135 Å². The first kappa shape index (κ1) is 15.1. The van der Waals surface area contributed by atoms with Crippen molar-refractivity contribution < 1.29 is 4.79 Å². The molecule has 2 aromatic rings. The lowest BCUT2D eigenvalue weighted by Gasteiger charge is -2.18. The van der Waals surface area contributed by atoms with Crippen LogP contribution >= 0.6 is 11.6 Å². The van der Waals surface area contributed by atoms with E-state index < -0.39 is 5.41 Å². The van der Waals surface area contributed by atoms with E-state index in [0.29, 0.717) is 11.6 Å². The highest BCUT2D eigenvalue weighted by Crippen LogP contribution is 2.48. The number of nitrogens with one attached hydrogen (secondary N) is 1. The van der Waals surface area contributed by atoms with Gasteiger partial charge in [-0.2, -0.15) is 0 Å². The van der Waals surface area contributed by atoms with Gasteiger partial charge >= 0.3 is 0 Å². The van der Waals surface area contributed by atoms with Crippen molar-refractivity contribution in [1.82, 2.24) is 5.32 Å². The van der Waals surface area contributed by atoms with E-state index in [1.54, 1.807) is 0 Å². The molecular formula is C18H19ClN2O. The van der Waals surface area contributed by atoms with Crippen LogP contribution in [0.15, 0.2) is 54.6 Å². The maximum atomic E-state index is 12.6. The molecule has 1 aliphatic rings. The highest BCUT2D eigenvalue weighted by molar-refractivity contribution is 6.30. The minimum Gasteiger partial charge on any atom is -0.353 e. The fraction of sp³-hybridized carbons (Fsp3) is 0.278. The average molecular weight is 315 g/mol. The average Bonchev–Trinajstić information content (AvgIpc) is 3.35. The predicted molar refractivity (Wildman–Crippen MR) is 88.7 cm³/mol. The summed E-state index contributed by atoms with van der Waals surface area (Å²) in [5, 5.41) is 3.66. The highest BCUT2D eigenvalue weighted by atomic mass is 35.5. The fourth-order valence-electron chi connectivity index (χ4n) is 2.75. The molecular weight excluding hydrogens is 296 g/mol. The summed E-state index contributed by atoms with van der Waals surface area (Å²) in [6, 6.07) is 17.2. The molecule has 0 aliphatic heterocycles. The number of hydrogen-bond donors (Lipinski definition) is 2. The van der Waals surface area contributed by atoms with Gasteiger partial charge in [-0.1, -0.05) is 54.1 Å². The summed E-state index contributed by atoms with van der Waals surface area (Å²) in [7, 11) is 0. The van der Waals surface area contributed by atoms with Gasteiger partial charge in [0.25, 0.3) is 0 Å². The van der Waals surface area contributed by atoms with Crippen LogP contribution in [0.2, 0.25) is 5.02 Å². The molecule has 0 radical (unpaired) electrons. The summed E-state index contributed by atoms with van der Waals surface area (Å²) in [4.78, 5) is 12.6. The maximum absolute atomic E-state index is 12.6. The normalized spacial score (nSPS) is 16.8. The van der Waals surface area contributed by atoms with Crippen molar-refractivity contribution in [3.63, 3.8) is 0 Å². The Morgan fingerprint density at radius 2 is 1.91 bits per heavy atom. The molecule has 114 valence electrons. The van der Waals surface area contributed by atoms with Crippen LogP contribution in [-0.2, 0) is 10.2 Å². The Morgan fingerprint density at radius 1 is 1.18 bits per heavy atom. The number of hydrogen-bond acceptors (Lipinski definition) is 2. The van der Waals surface area contributed by atoms with Crippen molar-refractivity contribution in [3.8, 4) is 0 Å². The number of amides is 1. The SMILES string of the molecule is NC(CNC(=O)C1(c2cccc(Cl)c2)CC1)c1ccccc1. The van der Waals surface area contributed by atoms with Gasteiger partial charge in [-0.05, 0) is 36.1 Å². The molecule has 3 N–H and O–H groups in total. The zero-order valence-electron chi connectivity index (χ0n) is 12.3. The molecule has 1 unspecified atom stereocenters. The summed E-state index contributed by atoms with van der Waals surface area (Å²) in [6.45, 7) is 0.436. The monoisotopic (exact) mass is 314 g/mol. The minimum atomic E-state index is -0.415. The molecule has 3 nitrogen and oxygen atoms in total. The zero-order valence-corrected chi connectivity index (χ0v) is 13.0. The number of rotatable bonds is 5. The molecule has 3 rings (SSSR count). The zero-order chi connectivity index (χ0) is 15.6. The lowest BCUT2D eigenvalue weighted by Crippen LogP contribution is -2.38. The van der Waals surface area contributed by atoms with Crippen molar-refractivity contribution in [2.45, 2.75) is 24.3 Å². The number of carbonyl (C=O) groups is 1. The van der Waals surface area contributed by atoms with Crippen LogP contribution in [0.4, 0.5) is 0 Å². The largest absolute Gasteiger partial charge is 0.353 e. The fourth-order valence-corrected chi connectivity index (χ4v) is 2.94. The van der Waals surface area contributed by atoms with E-state index in [1.807, 2.05) is 54.6 Å². The Morgan fingerprint density at radius 3 is 2.55 bits per heavy atom. The Kier molecular flexibility index (Phi) is 4.19. The van der Waals surface area contributed by atoms with Gasteiger partial charge in [-0.3, -0.25) is 4.79 Å². The standard InChI is InChI=1S/C18H19ClN2O/c19-15-8-4-7-14(11-15)18(9-10-18)17(22)21-12-16(20)13-5-2-1-3-6-13/h1-8,11,16H,9-10,12,20H2,(H,21,22). The maximum Gasteiger partial charge on any atom is 0.230 e. The number of carbonyl (C=O) groups excluding carboxylic acids is 1. The van der Waals surface area contributed by atoms with E-state index >= 15 is 0 Å². The molecule has 1 fully saturated rings. The minimum absolute atomic E-state index is 0.0427. The molecule has 1 aliphatic carbocycles. The molecule has 1 atom stereocenters. The highest BCUT2D eigenvalue weighted by Gasteiger charge is 2.51. The molecule has 1 amide bonds. The first-order chi connectivity index (χ1) is 10.6. The molecule has 0 spiro atoms. The van der Waals surface area contributed by atoms with Crippen LogP contribution in [0.25, 0.3) is 0 Å². The van der Waals surface area contributed by atoms with Gasteiger partial charge in [0.05, 0.1) is 5.41 Å². The molecule has 0 heterocycles. The first-order valence-electron chi connectivity index (χ1n) is 7.47. The van der Waals surface area contributed by atoms with Gasteiger partial charge < -0.3 is 11.1 Å². The lowest BCUT2D eigenvalue weighted by molar-refractivity contribution is -0.123. The second-order valence-corrected chi connectivity index (χ2v) is 6.26. The van der Waals surface area contributed by atoms with Crippen molar-refractivity contribution in [2.24, 2.45) is 5.73 Å². The second kappa shape index (κ2) is 6.11. The molecule has 22 heavy (non-hydrogen) atoms. The van der Waals surface area contributed by atoms with E-state index in [4.69, 9.17) is 17.3 Å². The van der Waals surface area contributed by atoms with E-state index in [2.05, 4.69) is 5.32 Å². The van der Waals surface area contributed by atoms with Crippen molar-refractivity contribution in [1.29, 1.82) is 0 Å². The molecule has 1 saturated carbocycles. The van der Waals surface area contributed by atoms with Crippen LogP contribution in [0.1, 0.15) is 30.0 Å². The van der Waals surface area contributed by atoms with Crippen molar-refractivity contribution in [3.05, 3.63) is 70.7 Å². The van der Waals surface area contributed by atoms with Crippen molar-refractivity contribution >= 4 is 17.5 Å². The first-order valence-corrected chi connectivity index (χ1v) is 7.84.